The molecule has 0 unspecified atom stereocenters. The van der Waals surface area contributed by atoms with E-state index in [1.165, 1.54) is 52.8 Å². The molecule has 550 valence electrons. The Kier molecular flexibility index (Phi) is 31.3. The number of fused-ring (bicyclic) bond motifs is 3. The molecule has 0 amide bonds. The number of carbonyl (C=O) groups is 1. The summed E-state index contributed by atoms with van der Waals surface area (Å²) in [5.41, 5.74) is 20.4. The van der Waals surface area contributed by atoms with E-state index in [1.54, 1.807) is 12.4 Å². The molecule has 110 heavy (non-hydrogen) atoms. The van der Waals surface area contributed by atoms with Crippen molar-refractivity contribution in [3.63, 3.8) is 0 Å². The third kappa shape index (κ3) is 22.1. The molecular weight excluding hydrogens is 2070 g/mol. The molecule has 11 aromatic carbocycles. The van der Waals surface area contributed by atoms with Crippen molar-refractivity contribution < 1.29 is 92.2 Å². The molecule has 0 bridgehead atoms. The van der Waals surface area contributed by atoms with Gasteiger partial charge in [-0.05, 0) is 167 Å². The maximum atomic E-state index is 10.0. The summed E-state index contributed by atoms with van der Waals surface area (Å²) in [6.45, 7) is 6.95. The minimum atomic E-state index is -0.125. The second kappa shape index (κ2) is 41.5. The van der Waals surface area contributed by atoms with Crippen LogP contribution in [0.1, 0.15) is 30.5 Å². The molecule has 1 aliphatic heterocycles. The third-order valence-corrected chi connectivity index (χ3v) is 17.1. The van der Waals surface area contributed by atoms with Gasteiger partial charge in [0.25, 0.3) is 0 Å². The molecule has 16 aromatic rings. The summed E-state index contributed by atoms with van der Waals surface area (Å²) < 4.78 is 0. The van der Waals surface area contributed by atoms with Gasteiger partial charge in [-0.15, -0.1) is 172 Å². The summed E-state index contributed by atoms with van der Waals surface area (Å²) in [5.74, 6) is -0.0625. The van der Waals surface area contributed by atoms with Gasteiger partial charge < -0.3 is 39.7 Å². The minimum absolute atomic E-state index is 0. The van der Waals surface area contributed by atoms with Crippen molar-refractivity contribution in [1.29, 1.82) is 0 Å². The Balaban J connectivity index is 0.000000173. The first-order valence-electron chi connectivity index (χ1n) is 34.8. The van der Waals surface area contributed by atoms with Gasteiger partial charge in [-0.2, -0.15) is 37.0 Å². The first-order valence-corrected chi connectivity index (χ1v) is 34.8. The molecule has 0 fully saturated rings. The topological polar surface area (TPSA) is 111 Å². The monoisotopic (exact) mass is 2150 g/mol. The van der Waals surface area contributed by atoms with Crippen molar-refractivity contribution in [3.05, 3.63) is 412 Å². The van der Waals surface area contributed by atoms with E-state index < -0.39 is 0 Å². The van der Waals surface area contributed by atoms with Crippen LogP contribution < -0.4 is 9.80 Å². The number of ketones is 1. The van der Waals surface area contributed by atoms with Gasteiger partial charge in [0.2, 0.25) is 0 Å². The standard InChI is InChI=1S/C34H23N3.C31H20N2.C16H12N.C10H10N2.C5H8O2.2Ir.2Pt/c1-2-10-26(11-3-1)27-18-20-30(21-19-27)37(31-14-8-12-28(24-31)33-16-4-6-22-35-33)32-15-9-13-29(25-32)34-17-5-7-23-36-34;1-3-13-28-24(9-1)15-17-32-30(28)26-11-5-7-22(20-26)19-23-8-6-12-27(21-23)31-29-14-4-2-10-25(29)16-18-33-31;1-12-11-14-9-5-6-10-15(14)17-16(12)13-7-3-2-4-8-13;1-11-7-8-12(9-11)10-5-3-2-4-6-10;1-4(6)3-5(2)7;;;;/h1-23H;1-18H,19H2;2-7,9-11H,1H3;2-5,7-9H,1H3;3,6H,1-2H3;;;;/q2*-2;-1;-2;;;;2*+2. The first kappa shape index (κ1) is 83.0. The van der Waals surface area contributed by atoms with Crippen molar-refractivity contribution in [2.75, 3.05) is 16.8 Å². The molecule has 0 aliphatic carbocycles. The van der Waals surface area contributed by atoms with Crippen molar-refractivity contribution in [3.8, 4) is 67.4 Å². The Morgan fingerprint density at radius 2 is 0.945 bits per heavy atom. The maximum absolute atomic E-state index is 10.0. The van der Waals surface area contributed by atoms with E-state index in [2.05, 4.69) is 226 Å². The SMILES string of the molecule is CC(=O)C=C(C)O.CN1C=CN(c2[c-]cccc2)[CH-]1.Cc1cc2ccccc2nc1-c1[c-]cccc1.[Ir].[Ir].[Pt+2].[Pt+2].[c-]1c(-c2ccccn2)cccc1N(c1[c-]c(-c2ccccn2)ccc1)c1ccc(-c2ccccc2)cc1.[c-]1c(Cc2[c-]c(-c3nccc4ccccc34)ccc2)cccc1-c1nccc2ccccc12. The van der Waals surface area contributed by atoms with Crippen LogP contribution in [0.3, 0.4) is 0 Å². The zero-order chi connectivity index (χ0) is 72.8. The summed E-state index contributed by atoms with van der Waals surface area (Å²) in [6, 6.07) is 123. The van der Waals surface area contributed by atoms with Gasteiger partial charge in [-0.25, -0.2) is 0 Å². The van der Waals surface area contributed by atoms with Gasteiger partial charge >= 0.3 is 42.1 Å². The normalized spacial score (nSPS) is 11.0. The van der Waals surface area contributed by atoms with Crippen molar-refractivity contribution >= 4 is 61.0 Å². The minimum Gasteiger partial charge on any atom is -0.512 e. The third-order valence-electron chi connectivity index (χ3n) is 17.1. The number of carbonyl (C=O) groups excluding carboxylic acids is 1. The number of hydrogen-bond donors (Lipinski definition) is 1. The molecule has 0 spiro atoms. The number of hydrogen-bond acceptors (Lipinski definition) is 10. The van der Waals surface area contributed by atoms with E-state index in [-0.39, 0.29) is 93.9 Å². The molecule has 1 aliphatic rings. The Morgan fingerprint density at radius 3 is 1.45 bits per heavy atom. The largest absolute Gasteiger partial charge is 2.00 e. The quantitative estimate of drug-likeness (QED) is 0.0680. The number of rotatable bonds is 13. The smallest absolute Gasteiger partial charge is 0.512 e. The van der Waals surface area contributed by atoms with E-state index in [1.807, 2.05) is 194 Å². The summed E-state index contributed by atoms with van der Waals surface area (Å²) in [4.78, 5) is 39.3. The molecule has 14 heteroatoms. The van der Waals surface area contributed by atoms with Crippen molar-refractivity contribution in [2.45, 2.75) is 27.2 Å². The molecule has 0 saturated heterocycles. The van der Waals surface area contributed by atoms with Crippen LogP contribution in [0.15, 0.2) is 352 Å². The van der Waals surface area contributed by atoms with E-state index in [9.17, 15) is 4.79 Å². The van der Waals surface area contributed by atoms with Crippen LogP contribution in [0.5, 0.6) is 0 Å². The Hall–Kier alpha value is -11.0. The molecule has 10 nitrogen and oxygen atoms in total. The summed E-state index contributed by atoms with van der Waals surface area (Å²) in [7, 11) is 2.00. The Morgan fingerprint density at radius 1 is 0.455 bits per heavy atom. The van der Waals surface area contributed by atoms with E-state index >= 15 is 0 Å². The van der Waals surface area contributed by atoms with Gasteiger partial charge in [-0.1, -0.05) is 145 Å². The zero-order valence-electron chi connectivity index (χ0n) is 60.4. The molecular formula is C96H73Ir2N8O2Pt2-3. The second-order valence-corrected chi connectivity index (χ2v) is 24.9. The maximum Gasteiger partial charge on any atom is 2.00 e. The van der Waals surface area contributed by atoms with Crippen LogP contribution >= 0.6 is 0 Å². The van der Waals surface area contributed by atoms with Crippen LogP contribution in [0.25, 0.3) is 99.9 Å². The Labute approximate surface area is 700 Å². The van der Waals surface area contributed by atoms with Crippen LogP contribution in [0.2, 0.25) is 0 Å². The molecule has 0 saturated carbocycles. The van der Waals surface area contributed by atoms with Crippen molar-refractivity contribution in [2.24, 2.45) is 0 Å². The number of aromatic nitrogens is 5. The molecule has 17 rings (SSSR count). The van der Waals surface area contributed by atoms with Gasteiger partial charge in [-0.3, -0.25) is 9.78 Å². The fraction of sp³-hybridized carbons (Fsp3) is 0.0521. The van der Waals surface area contributed by atoms with Gasteiger partial charge in [0.05, 0.1) is 11.3 Å². The molecule has 2 radical (unpaired) electrons. The van der Waals surface area contributed by atoms with Gasteiger partial charge in [0, 0.05) is 76.8 Å². The summed E-state index contributed by atoms with van der Waals surface area (Å²) in [6.07, 6.45) is 13.3. The van der Waals surface area contributed by atoms with Crippen LogP contribution in [-0.4, -0.2) is 47.8 Å². The van der Waals surface area contributed by atoms with Gasteiger partial charge in [0.1, 0.15) is 0 Å². The number of anilines is 4. The second-order valence-electron chi connectivity index (χ2n) is 24.9. The number of aryl methyl sites for hydroxylation is 1. The van der Waals surface area contributed by atoms with Crippen LogP contribution in [0.4, 0.5) is 22.7 Å². The number of aliphatic hydroxyl groups is 1. The first-order chi connectivity index (χ1) is 52.0. The predicted octanol–water partition coefficient (Wildman–Crippen LogP) is 22.7. The number of allylic oxidation sites excluding steroid dienone is 2. The van der Waals surface area contributed by atoms with E-state index in [4.69, 9.17) is 10.1 Å². The number of aliphatic hydroxyl groups excluding tert-OH is 1. The summed E-state index contributed by atoms with van der Waals surface area (Å²) >= 11 is 0. The molecule has 5 aromatic heterocycles. The van der Waals surface area contributed by atoms with Crippen LogP contribution in [-0.2, 0) is 93.6 Å². The zero-order valence-corrected chi connectivity index (χ0v) is 69.8. The fourth-order valence-electron chi connectivity index (χ4n) is 12.2. The average molecular weight is 2150 g/mol. The average Bonchev–Trinajstić information content (AvgIpc) is 0.878. The molecule has 1 N–H and O–H groups in total. The van der Waals surface area contributed by atoms with E-state index in [0.29, 0.717) is 0 Å². The number of nitrogens with zero attached hydrogens (tertiary/aromatic N) is 8. The van der Waals surface area contributed by atoms with E-state index in [0.717, 1.165) is 113 Å². The summed E-state index contributed by atoms with van der Waals surface area (Å²) in [5, 5.41) is 14.2. The number of benzene rings is 11. The predicted molar refractivity (Wildman–Crippen MR) is 432 cm³/mol. The molecule has 6 heterocycles. The fourth-order valence-corrected chi connectivity index (χ4v) is 12.2. The molecule has 0 atom stereocenters. The number of para-hydroxylation sites is 2. The number of pyridine rings is 5. The van der Waals surface area contributed by atoms with Crippen LogP contribution in [0, 0.1) is 50.0 Å². The Bertz CT molecular complexity index is 5450. The van der Waals surface area contributed by atoms with Crippen molar-refractivity contribution in [1.82, 2.24) is 29.8 Å². The van der Waals surface area contributed by atoms with Gasteiger partial charge in [0.15, 0.2) is 5.78 Å².